The molecule has 0 fully saturated rings. The van der Waals surface area contributed by atoms with Crippen LogP contribution >= 0.6 is 11.8 Å². The molecule has 2 heterocycles. The number of nitrogens with zero attached hydrogens (tertiary/aromatic N) is 2. The average molecular weight is 432 g/mol. The van der Waals surface area contributed by atoms with E-state index < -0.39 is 0 Å². The van der Waals surface area contributed by atoms with E-state index in [1.54, 1.807) is 24.0 Å². The lowest BCUT2D eigenvalue weighted by molar-refractivity contribution is 0.0918. The standard InChI is InChI=1S/C25H25N3O2S/c1-25(19-9-5-3-6-10-19,20-11-7-4-8-12-20)18-27-23(29)22-14-13-21(30-22)17-31-24-26-15-16-28(24)2/h3-16H,17-18H2,1-2H3,(H,27,29). The quantitative estimate of drug-likeness (QED) is 0.397. The number of amides is 1. The van der Waals surface area contributed by atoms with Gasteiger partial charge in [-0.3, -0.25) is 4.79 Å². The van der Waals surface area contributed by atoms with Crippen molar-refractivity contribution in [2.75, 3.05) is 6.54 Å². The number of carbonyl (C=O) groups is 1. The number of thioether (sulfide) groups is 1. The smallest absolute Gasteiger partial charge is 0.287 e. The summed E-state index contributed by atoms with van der Waals surface area (Å²) in [4.78, 5) is 17.1. The Morgan fingerprint density at radius 1 is 1.03 bits per heavy atom. The van der Waals surface area contributed by atoms with Crippen molar-refractivity contribution in [3.63, 3.8) is 0 Å². The highest BCUT2D eigenvalue weighted by atomic mass is 32.2. The molecule has 0 aliphatic rings. The molecule has 31 heavy (non-hydrogen) atoms. The van der Waals surface area contributed by atoms with E-state index in [1.165, 1.54) is 0 Å². The van der Waals surface area contributed by atoms with Crippen molar-refractivity contribution in [2.45, 2.75) is 23.2 Å². The number of rotatable bonds is 8. The van der Waals surface area contributed by atoms with Gasteiger partial charge in [0.05, 0.1) is 5.75 Å². The largest absolute Gasteiger partial charge is 0.455 e. The highest BCUT2D eigenvalue weighted by molar-refractivity contribution is 7.98. The first-order valence-electron chi connectivity index (χ1n) is 10.1. The van der Waals surface area contributed by atoms with Crippen molar-refractivity contribution >= 4 is 17.7 Å². The minimum atomic E-state index is -0.359. The van der Waals surface area contributed by atoms with Crippen molar-refractivity contribution in [3.05, 3.63) is 108 Å². The predicted octanol–water partition coefficient (Wildman–Crippen LogP) is 5.04. The topological polar surface area (TPSA) is 60.1 Å². The number of aryl methyl sites for hydroxylation is 1. The zero-order valence-electron chi connectivity index (χ0n) is 17.6. The van der Waals surface area contributed by atoms with Gasteiger partial charge in [0.15, 0.2) is 10.9 Å². The minimum Gasteiger partial charge on any atom is -0.455 e. The molecular formula is C25H25N3O2S. The van der Waals surface area contributed by atoms with Crippen LogP contribution in [0.4, 0.5) is 0 Å². The molecule has 0 radical (unpaired) electrons. The zero-order chi connectivity index (χ0) is 21.7. The number of aromatic nitrogens is 2. The molecule has 0 unspecified atom stereocenters. The van der Waals surface area contributed by atoms with Crippen LogP contribution in [0.3, 0.4) is 0 Å². The second-order valence-corrected chi connectivity index (χ2v) is 8.56. The Bertz CT molecular complexity index is 1100. The van der Waals surface area contributed by atoms with Gasteiger partial charge in [-0.2, -0.15) is 0 Å². The summed E-state index contributed by atoms with van der Waals surface area (Å²) in [5, 5.41) is 3.98. The lowest BCUT2D eigenvalue weighted by atomic mass is 9.76. The summed E-state index contributed by atoms with van der Waals surface area (Å²) in [5.41, 5.74) is 1.93. The first kappa shape index (κ1) is 21.0. The summed E-state index contributed by atoms with van der Waals surface area (Å²) in [7, 11) is 1.95. The Balaban J connectivity index is 1.45. The zero-order valence-corrected chi connectivity index (χ0v) is 18.4. The fraction of sp³-hybridized carbons (Fsp3) is 0.200. The van der Waals surface area contributed by atoms with Gasteiger partial charge in [0, 0.05) is 31.4 Å². The van der Waals surface area contributed by atoms with Crippen molar-refractivity contribution in [1.29, 1.82) is 0 Å². The molecule has 0 aliphatic heterocycles. The molecule has 2 aromatic heterocycles. The maximum absolute atomic E-state index is 12.8. The molecule has 0 bridgehead atoms. The van der Waals surface area contributed by atoms with E-state index in [1.807, 2.05) is 60.3 Å². The van der Waals surface area contributed by atoms with Crippen LogP contribution in [-0.4, -0.2) is 22.0 Å². The van der Waals surface area contributed by atoms with Gasteiger partial charge in [0.2, 0.25) is 0 Å². The van der Waals surface area contributed by atoms with Crippen LogP contribution in [0.5, 0.6) is 0 Å². The van der Waals surface area contributed by atoms with Crippen LogP contribution in [0.15, 0.2) is 94.8 Å². The molecule has 4 aromatic rings. The number of hydrogen-bond acceptors (Lipinski definition) is 4. The first-order chi connectivity index (χ1) is 15.1. The summed E-state index contributed by atoms with van der Waals surface area (Å²) in [6, 6.07) is 24.1. The van der Waals surface area contributed by atoms with Crippen LogP contribution in [0.2, 0.25) is 0 Å². The van der Waals surface area contributed by atoms with Gasteiger partial charge in [-0.15, -0.1) is 0 Å². The van der Waals surface area contributed by atoms with Gasteiger partial charge in [0.25, 0.3) is 5.91 Å². The number of furan rings is 1. The Labute approximate surface area is 186 Å². The van der Waals surface area contributed by atoms with Gasteiger partial charge in [0.1, 0.15) is 5.76 Å². The van der Waals surface area contributed by atoms with Crippen molar-refractivity contribution in [3.8, 4) is 0 Å². The number of carbonyl (C=O) groups excluding carboxylic acids is 1. The lowest BCUT2D eigenvalue weighted by Gasteiger charge is -2.31. The second-order valence-electron chi connectivity index (χ2n) is 7.62. The van der Waals surface area contributed by atoms with Gasteiger partial charge >= 0.3 is 0 Å². The van der Waals surface area contributed by atoms with Crippen molar-refractivity contribution in [2.24, 2.45) is 7.05 Å². The molecule has 2 aromatic carbocycles. The summed E-state index contributed by atoms with van der Waals surface area (Å²) in [6.07, 6.45) is 3.67. The molecule has 5 nitrogen and oxygen atoms in total. The predicted molar refractivity (Wildman–Crippen MR) is 123 cm³/mol. The number of nitrogens with one attached hydrogen (secondary N) is 1. The molecule has 0 saturated heterocycles. The van der Waals surface area contributed by atoms with Crippen LogP contribution in [0.1, 0.15) is 34.4 Å². The van der Waals surface area contributed by atoms with Gasteiger partial charge in [-0.25, -0.2) is 4.98 Å². The Morgan fingerprint density at radius 3 is 2.26 bits per heavy atom. The van der Waals surface area contributed by atoms with Gasteiger partial charge in [-0.1, -0.05) is 72.4 Å². The maximum atomic E-state index is 12.8. The molecule has 0 saturated carbocycles. The number of hydrogen-bond donors (Lipinski definition) is 1. The normalized spacial score (nSPS) is 11.4. The maximum Gasteiger partial charge on any atom is 0.287 e. The second kappa shape index (κ2) is 9.27. The third-order valence-electron chi connectivity index (χ3n) is 5.43. The van der Waals surface area contributed by atoms with E-state index in [0.29, 0.717) is 18.1 Å². The van der Waals surface area contributed by atoms with E-state index in [2.05, 4.69) is 41.5 Å². The first-order valence-corrected chi connectivity index (χ1v) is 11.1. The minimum absolute atomic E-state index is 0.216. The van der Waals surface area contributed by atoms with Crippen LogP contribution in [0, 0.1) is 0 Å². The highest BCUT2D eigenvalue weighted by Crippen LogP contribution is 2.31. The van der Waals surface area contributed by atoms with E-state index in [4.69, 9.17) is 4.42 Å². The van der Waals surface area contributed by atoms with Crippen LogP contribution in [0.25, 0.3) is 0 Å². The molecule has 1 N–H and O–H groups in total. The number of benzene rings is 2. The van der Waals surface area contributed by atoms with Crippen molar-refractivity contribution < 1.29 is 9.21 Å². The fourth-order valence-electron chi connectivity index (χ4n) is 3.53. The molecule has 0 atom stereocenters. The molecule has 4 rings (SSSR count). The van der Waals surface area contributed by atoms with E-state index in [0.717, 1.165) is 22.0 Å². The van der Waals surface area contributed by atoms with E-state index in [-0.39, 0.29) is 11.3 Å². The fourth-order valence-corrected chi connectivity index (χ4v) is 4.36. The third-order valence-corrected chi connectivity index (χ3v) is 6.51. The molecule has 158 valence electrons. The van der Waals surface area contributed by atoms with E-state index in [9.17, 15) is 4.79 Å². The molecule has 1 amide bonds. The summed E-state index contributed by atoms with van der Waals surface area (Å²) < 4.78 is 7.74. The lowest BCUT2D eigenvalue weighted by Crippen LogP contribution is -2.39. The van der Waals surface area contributed by atoms with Gasteiger partial charge < -0.3 is 14.3 Å². The van der Waals surface area contributed by atoms with Crippen LogP contribution in [-0.2, 0) is 18.2 Å². The van der Waals surface area contributed by atoms with Gasteiger partial charge in [-0.05, 0) is 30.2 Å². The average Bonchev–Trinajstić information content (AvgIpc) is 3.46. The summed E-state index contributed by atoms with van der Waals surface area (Å²) in [6.45, 7) is 2.60. The highest BCUT2D eigenvalue weighted by Gasteiger charge is 2.29. The Morgan fingerprint density at radius 2 is 1.68 bits per heavy atom. The van der Waals surface area contributed by atoms with Crippen molar-refractivity contribution in [1.82, 2.24) is 14.9 Å². The number of imidazole rings is 1. The summed E-state index contributed by atoms with van der Waals surface area (Å²) >= 11 is 1.57. The Hall–Kier alpha value is -3.25. The molecule has 0 aliphatic carbocycles. The Kier molecular flexibility index (Phi) is 6.28. The molecular weight excluding hydrogens is 406 g/mol. The van der Waals surface area contributed by atoms with Crippen LogP contribution < -0.4 is 5.32 Å². The van der Waals surface area contributed by atoms with E-state index >= 15 is 0 Å². The molecule has 0 spiro atoms. The SMILES string of the molecule is Cn1ccnc1SCc1ccc(C(=O)NCC(C)(c2ccccc2)c2ccccc2)o1. The summed E-state index contributed by atoms with van der Waals surface area (Å²) in [5.74, 6) is 1.46. The third kappa shape index (κ3) is 4.75. The molecule has 6 heteroatoms. The monoisotopic (exact) mass is 431 g/mol.